The Hall–Kier alpha value is -2.37. The molecule has 2 N–H and O–H groups in total. The van der Waals surface area contributed by atoms with Crippen LogP contribution in [-0.2, 0) is 6.54 Å². The number of nitrogens with zero attached hydrogens (tertiary/aromatic N) is 3. The van der Waals surface area contributed by atoms with Gasteiger partial charge in [0.25, 0.3) is 0 Å². The molecule has 2 amide bonds. The van der Waals surface area contributed by atoms with E-state index < -0.39 is 0 Å². The average Bonchev–Trinajstić information content (AvgIpc) is 3.31. The number of aryl methyl sites for hydroxylation is 2. The van der Waals surface area contributed by atoms with Crippen LogP contribution in [0.2, 0.25) is 0 Å². The van der Waals surface area contributed by atoms with Crippen LogP contribution >= 0.6 is 0 Å². The SMILES string of the molecule is CCCCn1nccc1NC(=O)N[C@@H](c1cc(C)ccn1)C1CC1. The quantitative estimate of drug-likeness (QED) is 0.815. The molecule has 0 aromatic carbocycles. The van der Waals surface area contributed by atoms with E-state index in [1.165, 1.54) is 0 Å². The number of hydrogen-bond donors (Lipinski definition) is 2. The Labute approximate surface area is 142 Å². The number of nitrogens with one attached hydrogen (secondary N) is 2. The minimum Gasteiger partial charge on any atom is -0.329 e. The Morgan fingerprint density at radius 1 is 1.38 bits per heavy atom. The van der Waals surface area contributed by atoms with E-state index in [0.717, 1.165) is 49.3 Å². The number of rotatable bonds is 7. The van der Waals surface area contributed by atoms with Crippen molar-refractivity contribution >= 4 is 11.8 Å². The summed E-state index contributed by atoms with van der Waals surface area (Å²) in [6.45, 7) is 4.99. The van der Waals surface area contributed by atoms with Crippen LogP contribution < -0.4 is 10.6 Å². The molecule has 1 fully saturated rings. The predicted octanol–water partition coefficient (Wildman–Crippen LogP) is 3.66. The minimum atomic E-state index is -0.201. The topological polar surface area (TPSA) is 71.8 Å². The van der Waals surface area contributed by atoms with E-state index >= 15 is 0 Å². The van der Waals surface area contributed by atoms with Crippen molar-refractivity contribution in [3.05, 3.63) is 41.9 Å². The van der Waals surface area contributed by atoms with Gasteiger partial charge in [-0.15, -0.1) is 0 Å². The molecule has 0 unspecified atom stereocenters. The van der Waals surface area contributed by atoms with E-state index in [4.69, 9.17) is 0 Å². The molecule has 3 rings (SSSR count). The number of hydrogen-bond acceptors (Lipinski definition) is 3. The first-order valence-electron chi connectivity index (χ1n) is 8.69. The standard InChI is InChI=1S/C18H25N5O/c1-3-4-11-23-16(8-10-20-23)21-18(24)22-17(14-5-6-14)15-12-13(2)7-9-19-15/h7-10,12,14,17H,3-6,11H2,1-2H3,(H2,21,22,24)/t17-/m1/s1. The van der Waals surface area contributed by atoms with Crippen LogP contribution in [0, 0.1) is 12.8 Å². The first kappa shape index (κ1) is 16.5. The summed E-state index contributed by atoms with van der Waals surface area (Å²) >= 11 is 0. The van der Waals surface area contributed by atoms with Crippen LogP contribution in [0.15, 0.2) is 30.6 Å². The Morgan fingerprint density at radius 3 is 2.92 bits per heavy atom. The second kappa shape index (κ2) is 7.47. The second-order valence-corrected chi connectivity index (χ2v) is 6.46. The van der Waals surface area contributed by atoms with Crippen LogP contribution in [-0.4, -0.2) is 20.8 Å². The fraction of sp³-hybridized carbons (Fsp3) is 0.500. The highest BCUT2D eigenvalue weighted by atomic mass is 16.2. The Kier molecular flexibility index (Phi) is 5.13. The Morgan fingerprint density at radius 2 is 2.21 bits per heavy atom. The van der Waals surface area contributed by atoms with Crippen molar-refractivity contribution in [3.63, 3.8) is 0 Å². The van der Waals surface area contributed by atoms with Crippen LogP contribution in [0.4, 0.5) is 10.6 Å². The fourth-order valence-corrected chi connectivity index (χ4v) is 2.81. The number of carbonyl (C=O) groups is 1. The van der Waals surface area contributed by atoms with E-state index in [9.17, 15) is 4.79 Å². The van der Waals surface area contributed by atoms with Crippen molar-refractivity contribution in [1.82, 2.24) is 20.1 Å². The molecule has 2 heterocycles. The zero-order chi connectivity index (χ0) is 16.9. The number of carbonyl (C=O) groups excluding carboxylic acids is 1. The third-order valence-electron chi connectivity index (χ3n) is 4.32. The van der Waals surface area contributed by atoms with Crippen LogP contribution in [0.5, 0.6) is 0 Å². The highest BCUT2D eigenvalue weighted by Crippen LogP contribution is 2.40. The summed E-state index contributed by atoms with van der Waals surface area (Å²) < 4.78 is 1.83. The van der Waals surface area contributed by atoms with Crippen molar-refractivity contribution in [1.29, 1.82) is 0 Å². The number of amides is 2. The summed E-state index contributed by atoms with van der Waals surface area (Å²) in [5, 5.41) is 10.3. The maximum atomic E-state index is 12.4. The second-order valence-electron chi connectivity index (χ2n) is 6.46. The smallest absolute Gasteiger partial charge is 0.320 e. The van der Waals surface area contributed by atoms with Crippen LogP contribution in [0.1, 0.15) is 49.9 Å². The van der Waals surface area contributed by atoms with Gasteiger partial charge in [0.15, 0.2) is 0 Å². The third-order valence-corrected chi connectivity index (χ3v) is 4.32. The summed E-state index contributed by atoms with van der Waals surface area (Å²) in [6, 6.07) is 5.62. The zero-order valence-corrected chi connectivity index (χ0v) is 14.3. The van der Waals surface area contributed by atoms with E-state index in [1.807, 2.05) is 23.7 Å². The van der Waals surface area contributed by atoms with Crippen molar-refractivity contribution in [2.24, 2.45) is 5.92 Å². The number of unbranched alkanes of at least 4 members (excludes halogenated alkanes) is 1. The maximum Gasteiger partial charge on any atom is 0.320 e. The fourth-order valence-electron chi connectivity index (χ4n) is 2.81. The molecule has 2 aromatic rings. The third kappa shape index (κ3) is 4.13. The predicted molar refractivity (Wildman–Crippen MR) is 93.7 cm³/mol. The monoisotopic (exact) mass is 327 g/mol. The molecular formula is C18H25N5O. The summed E-state index contributed by atoms with van der Waals surface area (Å²) in [4.78, 5) is 16.9. The van der Waals surface area contributed by atoms with Gasteiger partial charge in [-0.1, -0.05) is 13.3 Å². The molecular weight excluding hydrogens is 302 g/mol. The molecule has 1 atom stereocenters. The lowest BCUT2D eigenvalue weighted by molar-refractivity contribution is 0.246. The molecule has 6 nitrogen and oxygen atoms in total. The van der Waals surface area contributed by atoms with Gasteiger partial charge < -0.3 is 5.32 Å². The molecule has 128 valence electrons. The van der Waals surface area contributed by atoms with E-state index in [1.54, 1.807) is 12.4 Å². The molecule has 6 heteroatoms. The van der Waals surface area contributed by atoms with Crippen molar-refractivity contribution in [2.75, 3.05) is 5.32 Å². The highest BCUT2D eigenvalue weighted by Gasteiger charge is 2.34. The summed E-state index contributed by atoms with van der Waals surface area (Å²) in [6.07, 6.45) is 7.92. The van der Waals surface area contributed by atoms with Crippen molar-refractivity contribution < 1.29 is 4.79 Å². The largest absolute Gasteiger partial charge is 0.329 e. The lowest BCUT2D eigenvalue weighted by Crippen LogP contribution is -2.34. The minimum absolute atomic E-state index is 0.0306. The Balaban J connectivity index is 1.65. The lowest BCUT2D eigenvalue weighted by Gasteiger charge is -2.19. The first-order valence-corrected chi connectivity index (χ1v) is 8.69. The lowest BCUT2D eigenvalue weighted by atomic mass is 10.1. The van der Waals surface area contributed by atoms with Gasteiger partial charge >= 0.3 is 6.03 Å². The van der Waals surface area contributed by atoms with Gasteiger partial charge in [-0.25, -0.2) is 9.48 Å². The summed E-state index contributed by atoms with van der Waals surface area (Å²) in [7, 11) is 0. The molecule has 0 spiro atoms. The number of aromatic nitrogens is 3. The van der Waals surface area contributed by atoms with Gasteiger partial charge in [-0.3, -0.25) is 10.3 Å². The number of anilines is 1. The molecule has 24 heavy (non-hydrogen) atoms. The van der Waals surface area contributed by atoms with Crippen LogP contribution in [0.25, 0.3) is 0 Å². The number of pyridine rings is 1. The summed E-state index contributed by atoms with van der Waals surface area (Å²) in [5.41, 5.74) is 2.10. The van der Waals surface area contributed by atoms with E-state index in [2.05, 4.69) is 33.7 Å². The van der Waals surface area contributed by atoms with Gasteiger partial charge in [0, 0.05) is 18.8 Å². The molecule has 0 radical (unpaired) electrons. The zero-order valence-electron chi connectivity index (χ0n) is 14.3. The normalized spacial score (nSPS) is 15.1. The van der Waals surface area contributed by atoms with Gasteiger partial charge in [0.05, 0.1) is 17.9 Å². The van der Waals surface area contributed by atoms with Crippen molar-refractivity contribution in [2.45, 2.75) is 52.1 Å². The van der Waals surface area contributed by atoms with Gasteiger partial charge in [0.1, 0.15) is 5.82 Å². The van der Waals surface area contributed by atoms with Crippen molar-refractivity contribution in [3.8, 4) is 0 Å². The number of urea groups is 1. The molecule has 2 aromatic heterocycles. The first-order chi connectivity index (χ1) is 11.7. The molecule has 1 aliphatic rings. The highest BCUT2D eigenvalue weighted by molar-refractivity contribution is 5.88. The van der Waals surface area contributed by atoms with E-state index in [0.29, 0.717) is 5.92 Å². The molecule has 0 aliphatic heterocycles. The molecule has 0 bridgehead atoms. The van der Waals surface area contributed by atoms with Crippen LogP contribution in [0.3, 0.4) is 0 Å². The van der Waals surface area contributed by atoms with Gasteiger partial charge in [0.2, 0.25) is 0 Å². The van der Waals surface area contributed by atoms with Gasteiger partial charge in [-0.2, -0.15) is 5.10 Å². The molecule has 1 saturated carbocycles. The summed E-state index contributed by atoms with van der Waals surface area (Å²) in [5.74, 6) is 1.21. The Bertz CT molecular complexity index is 692. The molecule has 0 saturated heterocycles. The molecule has 1 aliphatic carbocycles. The maximum absolute atomic E-state index is 12.4. The van der Waals surface area contributed by atoms with Gasteiger partial charge in [-0.05, 0) is 49.8 Å². The average molecular weight is 327 g/mol. The van der Waals surface area contributed by atoms with E-state index in [-0.39, 0.29) is 12.1 Å².